The third kappa shape index (κ3) is 5.06. The van der Waals surface area contributed by atoms with Crippen LogP contribution in [0, 0.1) is 0 Å². The lowest BCUT2D eigenvalue weighted by Crippen LogP contribution is -2.49. The molecule has 2 aromatic carbocycles. The van der Waals surface area contributed by atoms with Crippen LogP contribution in [0.2, 0.25) is 10.0 Å². The van der Waals surface area contributed by atoms with E-state index < -0.39 is 27.9 Å². The van der Waals surface area contributed by atoms with Crippen LogP contribution in [-0.2, 0) is 26.2 Å². The Morgan fingerprint density at radius 3 is 2.29 bits per heavy atom. The van der Waals surface area contributed by atoms with Crippen molar-refractivity contribution in [2.24, 2.45) is 0 Å². The molecule has 1 atom stereocenters. The summed E-state index contributed by atoms with van der Waals surface area (Å²) in [7, 11) is -4.05. The normalized spacial score (nSPS) is 15.1. The molecule has 0 saturated heterocycles. The average molecular weight is 526 g/mol. The summed E-state index contributed by atoms with van der Waals surface area (Å²) >= 11 is 12.6. The van der Waals surface area contributed by atoms with E-state index in [-0.39, 0.29) is 35.9 Å². The number of hydrogen-bond acceptors (Lipinski definition) is 5. The molecule has 1 heterocycles. The van der Waals surface area contributed by atoms with Gasteiger partial charge in [-0.3, -0.25) is 14.4 Å². The Morgan fingerprint density at radius 2 is 1.71 bits per heavy atom. The summed E-state index contributed by atoms with van der Waals surface area (Å²) in [5.74, 6) is -1.54. The lowest BCUT2D eigenvalue weighted by atomic mass is 10.1. The molecule has 1 aliphatic rings. The summed E-state index contributed by atoms with van der Waals surface area (Å²) in [5.41, 5.74) is 0.544. The van der Waals surface area contributed by atoms with E-state index in [9.17, 15) is 22.8 Å². The molecular weight excluding hydrogens is 501 g/mol. The highest BCUT2D eigenvalue weighted by Crippen LogP contribution is 2.31. The molecule has 11 heteroatoms. The fourth-order valence-electron chi connectivity index (χ4n) is 3.86. The number of benzene rings is 2. The van der Waals surface area contributed by atoms with Gasteiger partial charge in [-0.1, -0.05) is 48.3 Å². The van der Waals surface area contributed by atoms with E-state index >= 15 is 0 Å². The van der Waals surface area contributed by atoms with Crippen LogP contribution in [-0.4, -0.2) is 54.5 Å². The number of halogens is 2. The zero-order valence-corrected chi connectivity index (χ0v) is 21.1. The van der Waals surface area contributed by atoms with E-state index in [4.69, 9.17) is 23.2 Å². The molecule has 0 aliphatic carbocycles. The SMILES string of the molecule is CCNC(=O)[C@@H](CC)N(Cc1c(Cl)cccc1Cl)C(=O)CCN1C(=O)c2ccccc2S1(=O)=O. The van der Waals surface area contributed by atoms with Crippen LogP contribution in [0.25, 0.3) is 0 Å². The summed E-state index contributed by atoms with van der Waals surface area (Å²) in [4.78, 5) is 40.0. The predicted octanol–water partition coefficient (Wildman–Crippen LogP) is 3.47. The van der Waals surface area contributed by atoms with Crippen molar-refractivity contribution >= 4 is 50.9 Å². The summed E-state index contributed by atoms with van der Waals surface area (Å²) in [6.07, 6.45) is 0.00294. The highest BCUT2D eigenvalue weighted by atomic mass is 35.5. The second-order valence-corrected chi connectivity index (χ2v) is 10.3. The molecule has 0 unspecified atom stereocenters. The van der Waals surface area contributed by atoms with Crippen LogP contribution < -0.4 is 5.32 Å². The first-order valence-corrected chi connectivity index (χ1v) is 13.0. The molecular formula is C23H25Cl2N3O5S. The minimum absolute atomic E-state index is 0.0477. The van der Waals surface area contributed by atoms with Crippen molar-refractivity contribution in [3.8, 4) is 0 Å². The van der Waals surface area contributed by atoms with Gasteiger partial charge in [0.2, 0.25) is 11.8 Å². The number of hydrogen-bond donors (Lipinski definition) is 1. The lowest BCUT2D eigenvalue weighted by molar-refractivity contribution is -0.141. The summed E-state index contributed by atoms with van der Waals surface area (Å²) in [6, 6.07) is 10.0. The molecule has 182 valence electrons. The van der Waals surface area contributed by atoms with E-state index in [0.717, 1.165) is 0 Å². The number of rotatable bonds is 9. The first-order chi connectivity index (χ1) is 16.1. The molecule has 1 aliphatic heterocycles. The van der Waals surface area contributed by atoms with Crippen molar-refractivity contribution < 1.29 is 22.8 Å². The topological polar surface area (TPSA) is 104 Å². The highest BCUT2D eigenvalue weighted by Gasteiger charge is 2.41. The van der Waals surface area contributed by atoms with Gasteiger partial charge in [0, 0.05) is 41.7 Å². The molecule has 0 spiro atoms. The van der Waals surface area contributed by atoms with E-state index in [0.29, 0.717) is 32.9 Å². The third-order valence-corrected chi connectivity index (χ3v) is 8.12. The number of nitrogens with one attached hydrogen (secondary N) is 1. The standard InChI is InChI=1S/C23H25Cl2N3O5S/c1-3-19(22(30)26-4-2)27(14-16-17(24)9-7-10-18(16)25)21(29)12-13-28-23(31)15-8-5-6-11-20(15)34(28,32)33/h5-11,19H,3-4,12-14H2,1-2H3,(H,26,30)/t19-/m1/s1. The Balaban J connectivity index is 1.87. The summed E-state index contributed by atoms with van der Waals surface area (Å²) in [5, 5.41) is 3.39. The van der Waals surface area contributed by atoms with E-state index in [1.54, 1.807) is 38.1 Å². The lowest BCUT2D eigenvalue weighted by Gasteiger charge is -2.31. The van der Waals surface area contributed by atoms with Crippen LogP contribution >= 0.6 is 23.2 Å². The van der Waals surface area contributed by atoms with Gasteiger partial charge in [-0.15, -0.1) is 0 Å². The molecule has 0 fully saturated rings. The van der Waals surface area contributed by atoms with Crippen LogP contribution in [0.5, 0.6) is 0 Å². The van der Waals surface area contributed by atoms with Crippen molar-refractivity contribution in [1.82, 2.24) is 14.5 Å². The van der Waals surface area contributed by atoms with Gasteiger partial charge in [0.05, 0.1) is 5.56 Å². The van der Waals surface area contributed by atoms with Crippen molar-refractivity contribution in [1.29, 1.82) is 0 Å². The third-order valence-electron chi connectivity index (χ3n) is 5.57. The number of carbonyl (C=O) groups excluding carboxylic acids is 3. The number of nitrogens with zero attached hydrogens (tertiary/aromatic N) is 2. The van der Waals surface area contributed by atoms with E-state index in [2.05, 4.69) is 5.32 Å². The monoisotopic (exact) mass is 525 g/mol. The van der Waals surface area contributed by atoms with Crippen molar-refractivity contribution in [3.05, 3.63) is 63.6 Å². The fraction of sp³-hybridized carbons (Fsp3) is 0.348. The Labute approximate surface area is 208 Å². The van der Waals surface area contributed by atoms with Crippen LogP contribution in [0.15, 0.2) is 47.4 Å². The Bertz CT molecular complexity index is 1200. The molecule has 3 amide bonds. The Morgan fingerprint density at radius 1 is 1.06 bits per heavy atom. The largest absolute Gasteiger partial charge is 0.355 e. The number of likely N-dealkylation sites (N-methyl/N-ethyl adjacent to an activating group) is 1. The summed E-state index contributed by atoms with van der Waals surface area (Å²) in [6.45, 7) is 3.51. The smallest absolute Gasteiger partial charge is 0.269 e. The number of sulfonamides is 1. The van der Waals surface area contributed by atoms with Crippen LogP contribution in [0.1, 0.15) is 42.6 Å². The Kier molecular flexibility index (Phi) is 8.22. The molecule has 0 saturated carbocycles. The average Bonchev–Trinajstić information content (AvgIpc) is 2.99. The second kappa shape index (κ2) is 10.8. The fourth-order valence-corrected chi connectivity index (χ4v) is 5.94. The van der Waals surface area contributed by atoms with E-state index in [1.807, 2.05) is 0 Å². The molecule has 0 bridgehead atoms. The molecule has 2 aromatic rings. The minimum atomic E-state index is -4.05. The van der Waals surface area contributed by atoms with Crippen molar-refractivity contribution in [3.63, 3.8) is 0 Å². The van der Waals surface area contributed by atoms with Crippen molar-refractivity contribution in [2.45, 2.75) is 44.2 Å². The molecule has 1 N–H and O–H groups in total. The summed E-state index contributed by atoms with van der Waals surface area (Å²) < 4.78 is 26.3. The Hall–Kier alpha value is -2.62. The van der Waals surface area contributed by atoms with Gasteiger partial charge in [-0.2, -0.15) is 0 Å². The van der Waals surface area contributed by atoms with Gasteiger partial charge in [0.1, 0.15) is 10.9 Å². The van der Waals surface area contributed by atoms with Gasteiger partial charge in [-0.05, 0) is 37.6 Å². The maximum atomic E-state index is 13.4. The number of carbonyl (C=O) groups is 3. The molecule has 3 rings (SSSR count). The zero-order valence-electron chi connectivity index (χ0n) is 18.8. The first kappa shape index (κ1) is 26.0. The quantitative estimate of drug-likeness (QED) is 0.539. The molecule has 0 radical (unpaired) electrons. The van der Waals surface area contributed by atoms with Crippen LogP contribution in [0.4, 0.5) is 0 Å². The molecule has 8 nitrogen and oxygen atoms in total. The molecule has 34 heavy (non-hydrogen) atoms. The highest BCUT2D eigenvalue weighted by molar-refractivity contribution is 7.90. The van der Waals surface area contributed by atoms with Gasteiger partial charge in [-0.25, -0.2) is 12.7 Å². The number of amides is 3. The predicted molar refractivity (Wildman–Crippen MR) is 129 cm³/mol. The molecule has 0 aromatic heterocycles. The van der Waals surface area contributed by atoms with Gasteiger partial charge in [0.25, 0.3) is 15.9 Å². The van der Waals surface area contributed by atoms with Crippen LogP contribution in [0.3, 0.4) is 0 Å². The van der Waals surface area contributed by atoms with Gasteiger partial charge >= 0.3 is 0 Å². The number of fused-ring (bicyclic) bond motifs is 1. The van der Waals surface area contributed by atoms with Gasteiger partial charge < -0.3 is 10.2 Å². The minimum Gasteiger partial charge on any atom is -0.355 e. The zero-order chi connectivity index (χ0) is 25.0. The van der Waals surface area contributed by atoms with Crippen molar-refractivity contribution in [2.75, 3.05) is 13.1 Å². The maximum Gasteiger partial charge on any atom is 0.269 e. The van der Waals surface area contributed by atoms with Gasteiger partial charge in [0.15, 0.2) is 0 Å². The van der Waals surface area contributed by atoms with E-state index in [1.165, 1.54) is 23.1 Å². The maximum absolute atomic E-state index is 13.4. The first-order valence-electron chi connectivity index (χ1n) is 10.8. The second-order valence-electron chi connectivity index (χ2n) is 7.67.